The number of amides is 2. The molecule has 2 amide bonds. The Morgan fingerprint density at radius 2 is 1.71 bits per heavy atom. The summed E-state index contributed by atoms with van der Waals surface area (Å²) in [5.74, 6) is -0.290. The van der Waals surface area contributed by atoms with Crippen molar-refractivity contribution >= 4 is 11.8 Å². The van der Waals surface area contributed by atoms with Gasteiger partial charge in [-0.3, -0.25) is 4.79 Å². The lowest BCUT2D eigenvalue weighted by atomic mass is 10.1. The summed E-state index contributed by atoms with van der Waals surface area (Å²) < 4.78 is 13.0. The predicted octanol–water partition coefficient (Wildman–Crippen LogP) is 3.25. The Balaban J connectivity index is 1.64. The standard InChI is InChI=1S/C19H21FN2O2/c1-14-5-7-16(8-6-14)18(23)10-12-22-19(24)21-11-9-15-3-2-4-17(20)13-15/h2-8,13H,9-12H2,1H3,(H2,21,22,24). The van der Waals surface area contributed by atoms with Crippen LogP contribution in [0.25, 0.3) is 0 Å². The van der Waals surface area contributed by atoms with Gasteiger partial charge < -0.3 is 10.6 Å². The lowest BCUT2D eigenvalue weighted by Gasteiger charge is -2.08. The highest BCUT2D eigenvalue weighted by atomic mass is 19.1. The van der Waals surface area contributed by atoms with E-state index in [1.807, 2.05) is 25.1 Å². The summed E-state index contributed by atoms with van der Waals surface area (Å²) in [5.41, 5.74) is 2.57. The van der Waals surface area contributed by atoms with E-state index in [9.17, 15) is 14.0 Å². The summed E-state index contributed by atoms with van der Waals surface area (Å²) in [6, 6.07) is 13.3. The Labute approximate surface area is 141 Å². The number of urea groups is 1. The van der Waals surface area contributed by atoms with E-state index in [0.717, 1.165) is 11.1 Å². The Morgan fingerprint density at radius 3 is 2.42 bits per heavy atom. The number of hydrogen-bond donors (Lipinski definition) is 2. The van der Waals surface area contributed by atoms with Gasteiger partial charge in [-0.25, -0.2) is 9.18 Å². The Bertz CT molecular complexity index is 699. The summed E-state index contributed by atoms with van der Waals surface area (Å²) >= 11 is 0. The first-order valence-corrected chi connectivity index (χ1v) is 7.90. The van der Waals surface area contributed by atoms with Crippen LogP contribution >= 0.6 is 0 Å². The smallest absolute Gasteiger partial charge is 0.314 e. The van der Waals surface area contributed by atoms with E-state index in [1.165, 1.54) is 12.1 Å². The molecule has 126 valence electrons. The minimum absolute atomic E-state index is 0.00457. The minimum Gasteiger partial charge on any atom is -0.338 e. The van der Waals surface area contributed by atoms with E-state index in [-0.39, 0.29) is 30.6 Å². The summed E-state index contributed by atoms with van der Waals surface area (Å²) in [5, 5.41) is 5.34. The van der Waals surface area contributed by atoms with Crippen molar-refractivity contribution in [3.8, 4) is 0 Å². The minimum atomic E-state index is -0.330. The van der Waals surface area contributed by atoms with Gasteiger partial charge in [0.2, 0.25) is 0 Å². The summed E-state index contributed by atoms with van der Waals surface area (Å²) in [6.07, 6.45) is 0.799. The van der Waals surface area contributed by atoms with Crippen LogP contribution in [-0.4, -0.2) is 24.9 Å². The number of carbonyl (C=O) groups excluding carboxylic acids is 2. The molecule has 0 aliphatic heterocycles. The van der Waals surface area contributed by atoms with Crippen molar-refractivity contribution in [2.75, 3.05) is 13.1 Å². The number of benzene rings is 2. The highest BCUT2D eigenvalue weighted by molar-refractivity contribution is 5.96. The third-order valence-electron chi connectivity index (χ3n) is 3.60. The van der Waals surface area contributed by atoms with Gasteiger partial charge in [0.25, 0.3) is 0 Å². The molecule has 4 nitrogen and oxygen atoms in total. The van der Waals surface area contributed by atoms with Crippen molar-refractivity contribution in [2.24, 2.45) is 0 Å². The fraction of sp³-hybridized carbons (Fsp3) is 0.263. The molecular formula is C19H21FN2O2. The molecule has 2 N–H and O–H groups in total. The van der Waals surface area contributed by atoms with E-state index < -0.39 is 0 Å². The van der Waals surface area contributed by atoms with E-state index in [4.69, 9.17) is 0 Å². The average Bonchev–Trinajstić information content (AvgIpc) is 2.55. The highest BCUT2D eigenvalue weighted by Gasteiger charge is 2.06. The first-order valence-electron chi connectivity index (χ1n) is 7.90. The molecule has 5 heteroatoms. The Kier molecular flexibility index (Phi) is 6.49. The molecule has 0 radical (unpaired) electrons. The van der Waals surface area contributed by atoms with E-state index in [2.05, 4.69) is 10.6 Å². The lowest BCUT2D eigenvalue weighted by Crippen LogP contribution is -2.37. The van der Waals surface area contributed by atoms with Crippen molar-refractivity contribution in [1.82, 2.24) is 10.6 Å². The Hall–Kier alpha value is -2.69. The number of halogens is 1. The van der Waals surface area contributed by atoms with Crippen LogP contribution in [0.4, 0.5) is 9.18 Å². The van der Waals surface area contributed by atoms with Crippen LogP contribution in [0.5, 0.6) is 0 Å². The summed E-state index contributed by atoms with van der Waals surface area (Å²) in [7, 11) is 0. The molecule has 0 saturated carbocycles. The largest absolute Gasteiger partial charge is 0.338 e. The molecule has 0 spiro atoms. The fourth-order valence-electron chi connectivity index (χ4n) is 2.25. The zero-order valence-electron chi connectivity index (χ0n) is 13.6. The zero-order valence-corrected chi connectivity index (χ0v) is 13.6. The zero-order chi connectivity index (χ0) is 17.4. The topological polar surface area (TPSA) is 58.2 Å². The van der Waals surface area contributed by atoms with Crippen molar-refractivity contribution in [2.45, 2.75) is 19.8 Å². The maximum atomic E-state index is 13.0. The molecule has 0 unspecified atom stereocenters. The first kappa shape index (κ1) is 17.7. The number of ketones is 1. The number of Topliss-reactive ketones (excluding diaryl/α,β-unsaturated/α-hetero) is 1. The SMILES string of the molecule is Cc1ccc(C(=O)CCNC(=O)NCCc2cccc(F)c2)cc1. The first-order chi connectivity index (χ1) is 11.5. The molecule has 0 saturated heterocycles. The van der Waals surface area contributed by atoms with Crippen LogP contribution in [0.1, 0.15) is 27.9 Å². The predicted molar refractivity (Wildman–Crippen MR) is 91.6 cm³/mol. The van der Waals surface area contributed by atoms with Crippen molar-refractivity contribution in [3.63, 3.8) is 0 Å². The molecule has 2 rings (SSSR count). The number of aryl methyl sites for hydroxylation is 1. The molecule has 24 heavy (non-hydrogen) atoms. The van der Waals surface area contributed by atoms with Crippen LogP contribution in [0, 0.1) is 12.7 Å². The summed E-state index contributed by atoms with van der Waals surface area (Å²) in [6.45, 7) is 2.64. The number of hydrogen-bond acceptors (Lipinski definition) is 2. The number of nitrogens with one attached hydrogen (secondary N) is 2. The number of carbonyl (C=O) groups is 2. The van der Waals surface area contributed by atoms with Gasteiger partial charge in [-0.2, -0.15) is 0 Å². The third-order valence-corrected chi connectivity index (χ3v) is 3.60. The monoisotopic (exact) mass is 328 g/mol. The van der Waals surface area contributed by atoms with Crippen LogP contribution < -0.4 is 10.6 Å². The van der Waals surface area contributed by atoms with Crippen molar-refractivity contribution in [3.05, 3.63) is 71.0 Å². The highest BCUT2D eigenvalue weighted by Crippen LogP contribution is 2.06. The van der Waals surface area contributed by atoms with Crippen LogP contribution in [-0.2, 0) is 6.42 Å². The maximum Gasteiger partial charge on any atom is 0.314 e. The molecule has 0 aliphatic rings. The molecule has 0 aromatic heterocycles. The summed E-state index contributed by atoms with van der Waals surface area (Å²) in [4.78, 5) is 23.6. The van der Waals surface area contributed by atoms with Crippen molar-refractivity contribution in [1.29, 1.82) is 0 Å². The quantitative estimate of drug-likeness (QED) is 0.767. The van der Waals surface area contributed by atoms with Gasteiger partial charge in [-0.05, 0) is 31.0 Å². The van der Waals surface area contributed by atoms with Crippen LogP contribution in [0.2, 0.25) is 0 Å². The van der Waals surface area contributed by atoms with Gasteiger partial charge in [0.15, 0.2) is 5.78 Å². The third kappa shape index (κ3) is 5.83. The second-order valence-corrected chi connectivity index (χ2v) is 5.60. The van der Waals surface area contributed by atoms with E-state index >= 15 is 0 Å². The second kappa shape index (κ2) is 8.82. The van der Waals surface area contributed by atoms with Gasteiger partial charge in [-0.1, -0.05) is 42.0 Å². The average molecular weight is 328 g/mol. The normalized spacial score (nSPS) is 10.2. The van der Waals surface area contributed by atoms with E-state index in [1.54, 1.807) is 18.2 Å². The molecule has 0 atom stereocenters. The van der Waals surface area contributed by atoms with E-state index in [0.29, 0.717) is 18.5 Å². The fourth-order valence-corrected chi connectivity index (χ4v) is 2.25. The molecule has 0 bridgehead atoms. The van der Waals surface area contributed by atoms with Gasteiger partial charge in [0, 0.05) is 25.1 Å². The molecule has 0 fully saturated rings. The second-order valence-electron chi connectivity index (χ2n) is 5.60. The molecule has 0 aliphatic carbocycles. The molecule has 0 heterocycles. The molecular weight excluding hydrogens is 307 g/mol. The Morgan fingerprint density at radius 1 is 1.00 bits per heavy atom. The van der Waals surface area contributed by atoms with Crippen LogP contribution in [0.3, 0.4) is 0 Å². The van der Waals surface area contributed by atoms with Gasteiger partial charge in [0.1, 0.15) is 5.82 Å². The molecule has 2 aromatic carbocycles. The maximum absolute atomic E-state index is 13.0. The lowest BCUT2D eigenvalue weighted by molar-refractivity contribution is 0.0983. The van der Waals surface area contributed by atoms with Gasteiger partial charge in [-0.15, -0.1) is 0 Å². The van der Waals surface area contributed by atoms with Gasteiger partial charge >= 0.3 is 6.03 Å². The number of rotatable bonds is 7. The van der Waals surface area contributed by atoms with Crippen molar-refractivity contribution < 1.29 is 14.0 Å². The van der Waals surface area contributed by atoms with Gasteiger partial charge in [0.05, 0.1) is 0 Å². The molecule has 2 aromatic rings. The van der Waals surface area contributed by atoms with Crippen LogP contribution in [0.15, 0.2) is 48.5 Å².